The highest BCUT2D eigenvalue weighted by Crippen LogP contribution is 2.22. The zero-order chi connectivity index (χ0) is 18.8. The normalized spacial score (nSPS) is 12.6. The summed E-state index contributed by atoms with van der Waals surface area (Å²) in [5.74, 6) is -0.917. The van der Waals surface area contributed by atoms with Crippen molar-refractivity contribution in [1.29, 1.82) is 0 Å². The molecule has 0 radical (unpaired) electrons. The van der Waals surface area contributed by atoms with E-state index in [0.29, 0.717) is 10.2 Å². The van der Waals surface area contributed by atoms with Gasteiger partial charge >= 0.3 is 5.63 Å². The third-order valence-corrected chi connectivity index (χ3v) is 5.02. The van der Waals surface area contributed by atoms with Gasteiger partial charge in [0, 0.05) is 11.6 Å². The fraction of sp³-hybridized carbons (Fsp3) is 0.167. The summed E-state index contributed by atoms with van der Waals surface area (Å²) in [4.78, 5) is 29.0. The SMILES string of the molecule is Cc1csc2nc(C(C)NC(=O)/C=C/c3c(F)cccc3Cl)oc(=O)c12. The number of carbonyl (C=O) groups is 1. The number of fused-ring (bicyclic) bond motifs is 1. The molecule has 2 aromatic heterocycles. The Bertz CT molecular complexity index is 1050. The van der Waals surface area contributed by atoms with Gasteiger partial charge in [0.25, 0.3) is 0 Å². The van der Waals surface area contributed by atoms with Crippen molar-refractivity contribution in [3.8, 4) is 0 Å². The van der Waals surface area contributed by atoms with Gasteiger partial charge in [0.15, 0.2) is 0 Å². The predicted molar refractivity (Wildman–Crippen MR) is 99.9 cm³/mol. The van der Waals surface area contributed by atoms with Gasteiger partial charge in [-0.1, -0.05) is 17.7 Å². The molecule has 3 rings (SSSR count). The first-order valence-corrected chi connectivity index (χ1v) is 8.94. The van der Waals surface area contributed by atoms with Gasteiger partial charge in [0.1, 0.15) is 16.7 Å². The summed E-state index contributed by atoms with van der Waals surface area (Å²) in [5.41, 5.74) is 0.440. The molecule has 1 aromatic carbocycles. The van der Waals surface area contributed by atoms with Crippen LogP contribution in [0.15, 0.2) is 38.9 Å². The van der Waals surface area contributed by atoms with Crippen molar-refractivity contribution >= 4 is 45.1 Å². The van der Waals surface area contributed by atoms with Gasteiger partial charge in [0.05, 0.1) is 10.4 Å². The van der Waals surface area contributed by atoms with E-state index in [1.807, 2.05) is 5.38 Å². The highest BCUT2D eigenvalue weighted by atomic mass is 35.5. The number of nitrogens with zero attached hydrogens (tertiary/aromatic N) is 1. The zero-order valence-corrected chi connectivity index (χ0v) is 15.5. The molecule has 0 aliphatic heterocycles. The average molecular weight is 393 g/mol. The van der Waals surface area contributed by atoms with Crippen LogP contribution in [0.1, 0.15) is 30.0 Å². The van der Waals surface area contributed by atoms with E-state index in [2.05, 4.69) is 10.3 Å². The van der Waals surface area contributed by atoms with Gasteiger partial charge in [-0.15, -0.1) is 11.3 Å². The molecule has 0 aliphatic rings. The molecule has 0 fully saturated rings. The number of aryl methyl sites for hydroxylation is 1. The summed E-state index contributed by atoms with van der Waals surface area (Å²) in [6.07, 6.45) is 2.45. The van der Waals surface area contributed by atoms with Gasteiger partial charge < -0.3 is 9.73 Å². The second-order valence-electron chi connectivity index (χ2n) is 5.64. The first-order chi connectivity index (χ1) is 12.4. The van der Waals surface area contributed by atoms with Crippen molar-refractivity contribution in [2.45, 2.75) is 19.9 Å². The standard InChI is InChI=1S/C18H14ClFN2O3S/c1-9-8-26-17-15(9)18(24)25-16(22-17)10(2)21-14(23)7-6-11-12(19)4-3-5-13(11)20/h3-8,10H,1-2H3,(H,21,23)/b7-6+. The average Bonchev–Trinajstić information content (AvgIpc) is 2.96. The largest absolute Gasteiger partial charge is 0.406 e. The van der Waals surface area contributed by atoms with Crippen molar-refractivity contribution in [3.63, 3.8) is 0 Å². The second kappa shape index (κ2) is 7.39. The van der Waals surface area contributed by atoms with Crippen molar-refractivity contribution in [2.75, 3.05) is 0 Å². The van der Waals surface area contributed by atoms with Crippen LogP contribution in [0, 0.1) is 12.7 Å². The van der Waals surface area contributed by atoms with Gasteiger partial charge in [-0.2, -0.15) is 0 Å². The number of halogens is 2. The Morgan fingerprint density at radius 3 is 2.96 bits per heavy atom. The summed E-state index contributed by atoms with van der Waals surface area (Å²) in [6, 6.07) is 3.63. The first-order valence-electron chi connectivity index (χ1n) is 7.68. The van der Waals surface area contributed by atoms with Crippen LogP contribution in [0.3, 0.4) is 0 Å². The number of amides is 1. The van der Waals surface area contributed by atoms with Crippen LogP contribution in [-0.2, 0) is 4.79 Å². The van der Waals surface area contributed by atoms with E-state index in [-0.39, 0.29) is 16.5 Å². The minimum atomic E-state index is -0.636. The molecule has 0 bridgehead atoms. The number of hydrogen-bond donors (Lipinski definition) is 1. The van der Waals surface area contributed by atoms with E-state index in [9.17, 15) is 14.0 Å². The van der Waals surface area contributed by atoms with Crippen LogP contribution in [0.25, 0.3) is 16.3 Å². The van der Waals surface area contributed by atoms with E-state index in [1.165, 1.54) is 35.6 Å². The molecule has 1 N–H and O–H groups in total. The Labute approximate surface area is 157 Å². The Morgan fingerprint density at radius 2 is 2.23 bits per heavy atom. The molecular formula is C18H14ClFN2O3S. The minimum Gasteiger partial charge on any atom is -0.406 e. The third-order valence-electron chi connectivity index (χ3n) is 3.70. The number of rotatable bonds is 4. The number of hydrogen-bond acceptors (Lipinski definition) is 5. The quantitative estimate of drug-likeness (QED) is 0.674. The Hall–Kier alpha value is -2.51. The molecule has 0 saturated carbocycles. The maximum atomic E-state index is 13.7. The lowest BCUT2D eigenvalue weighted by molar-refractivity contribution is -0.117. The lowest BCUT2D eigenvalue weighted by Crippen LogP contribution is -2.26. The molecule has 26 heavy (non-hydrogen) atoms. The summed E-state index contributed by atoms with van der Waals surface area (Å²) in [5, 5.41) is 5.10. The second-order valence-corrected chi connectivity index (χ2v) is 6.90. The number of nitrogens with one attached hydrogen (secondary N) is 1. The molecule has 8 heteroatoms. The van der Waals surface area contributed by atoms with Crippen LogP contribution in [-0.4, -0.2) is 10.9 Å². The van der Waals surface area contributed by atoms with Crippen LogP contribution < -0.4 is 10.9 Å². The smallest absolute Gasteiger partial charge is 0.348 e. The van der Waals surface area contributed by atoms with Crippen molar-refractivity contribution in [3.05, 3.63) is 67.9 Å². The Morgan fingerprint density at radius 1 is 1.46 bits per heavy atom. The van der Waals surface area contributed by atoms with Crippen molar-refractivity contribution < 1.29 is 13.6 Å². The topological polar surface area (TPSA) is 72.2 Å². The predicted octanol–water partition coefficient (Wildman–Crippen LogP) is 4.24. The van der Waals surface area contributed by atoms with E-state index >= 15 is 0 Å². The van der Waals surface area contributed by atoms with Crippen molar-refractivity contribution in [2.24, 2.45) is 0 Å². The summed E-state index contributed by atoms with van der Waals surface area (Å²) in [6.45, 7) is 3.44. The van der Waals surface area contributed by atoms with Gasteiger partial charge in [-0.25, -0.2) is 14.2 Å². The lowest BCUT2D eigenvalue weighted by atomic mass is 10.2. The highest BCUT2D eigenvalue weighted by Gasteiger charge is 2.17. The molecule has 1 amide bonds. The molecule has 3 aromatic rings. The molecule has 2 heterocycles. The van der Waals surface area contributed by atoms with Gasteiger partial charge in [-0.05, 0) is 43.0 Å². The van der Waals surface area contributed by atoms with Crippen LogP contribution in [0.2, 0.25) is 5.02 Å². The number of benzene rings is 1. The summed E-state index contributed by atoms with van der Waals surface area (Å²) >= 11 is 7.24. The lowest BCUT2D eigenvalue weighted by Gasteiger charge is -2.10. The Balaban J connectivity index is 1.77. The fourth-order valence-corrected chi connectivity index (χ4v) is 3.50. The number of aromatic nitrogens is 1. The van der Waals surface area contributed by atoms with E-state index in [1.54, 1.807) is 13.8 Å². The first kappa shape index (κ1) is 18.3. The molecule has 1 atom stereocenters. The molecule has 0 aliphatic carbocycles. The number of thiophene rings is 1. The van der Waals surface area contributed by atoms with Crippen LogP contribution in [0.5, 0.6) is 0 Å². The van der Waals surface area contributed by atoms with Crippen LogP contribution in [0.4, 0.5) is 4.39 Å². The maximum Gasteiger partial charge on any atom is 0.348 e. The molecule has 0 spiro atoms. The Kier molecular flexibility index (Phi) is 5.20. The van der Waals surface area contributed by atoms with Gasteiger partial charge in [-0.3, -0.25) is 4.79 Å². The van der Waals surface area contributed by atoms with Gasteiger partial charge in [0.2, 0.25) is 11.8 Å². The maximum absolute atomic E-state index is 13.7. The van der Waals surface area contributed by atoms with E-state index < -0.39 is 23.4 Å². The molecule has 0 saturated heterocycles. The van der Waals surface area contributed by atoms with Crippen LogP contribution >= 0.6 is 22.9 Å². The monoisotopic (exact) mass is 392 g/mol. The minimum absolute atomic E-state index is 0.107. The summed E-state index contributed by atoms with van der Waals surface area (Å²) in [7, 11) is 0. The molecule has 1 unspecified atom stereocenters. The zero-order valence-electron chi connectivity index (χ0n) is 13.9. The van der Waals surface area contributed by atoms with E-state index in [0.717, 1.165) is 11.6 Å². The molecular weight excluding hydrogens is 379 g/mol. The molecule has 134 valence electrons. The molecule has 5 nitrogen and oxygen atoms in total. The number of carbonyl (C=O) groups excluding carboxylic acids is 1. The van der Waals surface area contributed by atoms with E-state index in [4.69, 9.17) is 16.0 Å². The highest BCUT2D eigenvalue weighted by molar-refractivity contribution is 7.16. The third kappa shape index (κ3) is 3.68. The van der Waals surface area contributed by atoms with Crippen molar-refractivity contribution in [1.82, 2.24) is 10.3 Å². The summed E-state index contributed by atoms with van der Waals surface area (Å²) < 4.78 is 18.9. The fourth-order valence-electron chi connectivity index (χ4n) is 2.37.